The van der Waals surface area contributed by atoms with Gasteiger partial charge in [-0.3, -0.25) is 4.79 Å². The van der Waals surface area contributed by atoms with Gasteiger partial charge in [-0.25, -0.2) is 14.0 Å². The van der Waals surface area contributed by atoms with Crippen LogP contribution in [0.4, 0.5) is 23.2 Å². The third kappa shape index (κ3) is 9.08. The molecule has 1 spiro atoms. The molecular formula is C35H36F4N2O9. The number of nitrogens with one attached hydrogen (secondary N) is 1. The van der Waals surface area contributed by atoms with Crippen LogP contribution in [0.15, 0.2) is 54.6 Å². The molecule has 0 bridgehead atoms. The van der Waals surface area contributed by atoms with E-state index in [0.29, 0.717) is 43.4 Å². The minimum Gasteiger partial charge on any atom is -0.542 e. The molecule has 2 aliphatic rings. The first-order valence-corrected chi connectivity index (χ1v) is 15.8. The van der Waals surface area contributed by atoms with E-state index in [-0.39, 0.29) is 28.3 Å². The number of carboxylic acids is 3. The number of carbonyl (C=O) groups excluding carboxylic acids is 2. The maximum absolute atomic E-state index is 13.6. The SMILES string of the molecule is CCOc1cc(C[NH+]2CCC3(CC2)CC(=O)N(c2cc(C(=O)O)cc(C(=O)O)c2)C3)cc(OCC)c1-c1ccc(F)cc1.O=C([O-])C(F)(F)F. The molecule has 0 aromatic heterocycles. The summed E-state index contributed by atoms with van der Waals surface area (Å²) < 4.78 is 57.2. The third-order valence-corrected chi connectivity index (χ3v) is 8.61. The van der Waals surface area contributed by atoms with Gasteiger partial charge < -0.3 is 39.4 Å². The predicted molar refractivity (Wildman–Crippen MR) is 169 cm³/mol. The Balaban J connectivity index is 0.000000727. The Morgan fingerprint density at radius 1 is 0.900 bits per heavy atom. The second-order valence-corrected chi connectivity index (χ2v) is 12.1. The minimum atomic E-state index is -5.19. The molecule has 11 nitrogen and oxygen atoms in total. The van der Waals surface area contributed by atoms with Crippen LogP contribution in [0.2, 0.25) is 0 Å². The van der Waals surface area contributed by atoms with E-state index in [4.69, 9.17) is 19.4 Å². The van der Waals surface area contributed by atoms with Gasteiger partial charge in [-0.15, -0.1) is 0 Å². The van der Waals surface area contributed by atoms with Gasteiger partial charge in [0.15, 0.2) is 0 Å². The molecule has 268 valence electrons. The summed E-state index contributed by atoms with van der Waals surface area (Å²) >= 11 is 0. The number of rotatable bonds is 10. The molecule has 2 fully saturated rings. The molecule has 3 aromatic carbocycles. The van der Waals surface area contributed by atoms with Crippen molar-refractivity contribution in [1.29, 1.82) is 0 Å². The smallest absolute Gasteiger partial charge is 0.430 e. The van der Waals surface area contributed by atoms with Gasteiger partial charge in [0.05, 0.1) is 43.0 Å². The fourth-order valence-corrected chi connectivity index (χ4v) is 6.27. The molecule has 0 saturated carbocycles. The lowest BCUT2D eigenvalue weighted by Gasteiger charge is -2.36. The van der Waals surface area contributed by atoms with E-state index in [1.807, 2.05) is 26.0 Å². The van der Waals surface area contributed by atoms with Crippen LogP contribution in [0.1, 0.15) is 59.4 Å². The molecule has 0 unspecified atom stereocenters. The number of aliphatic carboxylic acids is 1. The summed E-state index contributed by atoms with van der Waals surface area (Å²) in [5.41, 5.74) is 2.40. The third-order valence-electron chi connectivity index (χ3n) is 8.61. The molecule has 0 radical (unpaired) electrons. The van der Waals surface area contributed by atoms with Crippen molar-refractivity contribution in [2.75, 3.05) is 37.7 Å². The molecule has 5 rings (SSSR count). The van der Waals surface area contributed by atoms with Crippen molar-refractivity contribution < 1.29 is 66.4 Å². The first-order valence-electron chi connectivity index (χ1n) is 15.8. The van der Waals surface area contributed by atoms with Crippen molar-refractivity contribution in [2.45, 2.75) is 45.8 Å². The van der Waals surface area contributed by atoms with Crippen LogP contribution in [0, 0.1) is 11.2 Å². The lowest BCUT2D eigenvalue weighted by atomic mass is 9.77. The van der Waals surface area contributed by atoms with Gasteiger partial charge in [-0.1, -0.05) is 12.1 Å². The van der Waals surface area contributed by atoms with Crippen LogP contribution in [0.3, 0.4) is 0 Å². The normalized spacial score (nSPS) is 18.7. The number of quaternary nitrogens is 1. The van der Waals surface area contributed by atoms with E-state index < -0.39 is 24.1 Å². The molecule has 3 aromatic rings. The average Bonchev–Trinajstić information content (AvgIpc) is 3.38. The van der Waals surface area contributed by atoms with Gasteiger partial charge in [0, 0.05) is 42.5 Å². The number of likely N-dealkylation sites (tertiary alicyclic amines) is 1. The number of amides is 1. The monoisotopic (exact) mass is 704 g/mol. The highest BCUT2D eigenvalue weighted by molar-refractivity contribution is 6.01. The van der Waals surface area contributed by atoms with Gasteiger partial charge >= 0.3 is 18.1 Å². The van der Waals surface area contributed by atoms with Gasteiger partial charge in [-0.05, 0) is 61.9 Å². The van der Waals surface area contributed by atoms with Crippen LogP contribution in [-0.2, 0) is 16.1 Å². The summed E-state index contributed by atoms with van der Waals surface area (Å²) in [5, 5.41) is 27.7. The number of halogens is 4. The van der Waals surface area contributed by atoms with Gasteiger partial charge in [-0.2, -0.15) is 13.2 Å². The maximum Gasteiger partial charge on any atom is 0.430 e. The Labute approximate surface area is 284 Å². The molecule has 2 aliphatic heterocycles. The Hall–Kier alpha value is -5.18. The van der Waals surface area contributed by atoms with Crippen LogP contribution in [0.5, 0.6) is 11.5 Å². The number of piperidine rings is 1. The standard InChI is InChI=1S/C33H35FN2O7.C2HF3O2/c1-3-42-27-13-21(14-28(43-4-2)30(27)22-5-7-25(34)8-6-22)19-35-11-9-33(10-12-35)18-29(37)36(20-33)26-16-23(31(38)39)15-24(17-26)32(40)41;3-2(4,5)1(6)7/h5-8,13-17H,3-4,9-12,18-20H2,1-2H3,(H,38,39)(H,40,41);(H,6,7). The first-order chi connectivity index (χ1) is 23.6. The number of hydrogen-bond acceptors (Lipinski definition) is 7. The highest BCUT2D eigenvalue weighted by Gasteiger charge is 2.47. The second-order valence-electron chi connectivity index (χ2n) is 12.1. The van der Waals surface area contributed by atoms with Gasteiger partial charge in [0.2, 0.25) is 5.91 Å². The largest absolute Gasteiger partial charge is 0.542 e. The first kappa shape index (κ1) is 37.6. The molecule has 15 heteroatoms. The van der Waals surface area contributed by atoms with Crippen molar-refractivity contribution in [3.8, 4) is 22.6 Å². The predicted octanol–water partition coefficient (Wildman–Crippen LogP) is 3.59. The van der Waals surface area contributed by atoms with Crippen LogP contribution >= 0.6 is 0 Å². The number of carbonyl (C=O) groups is 4. The number of alkyl halides is 3. The summed E-state index contributed by atoms with van der Waals surface area (Å²) in [6.45, 7) is 7.62. The number of hydrogen-bond donors (Lipinski definition) is 3. The van der Waals surface area contributed by atoms with Crippen LogP contribution in [-0.4, -0.2) is 73.1 Å². The van der Waals surface area contributed by atoms with Crippen molar-refractivity contribution in [3.05, 3.63) is 77.1 Å². The zero-order valence-corrected chi connectivity index (χ0v) is 27.3. The lowest BCUT2D eigenvalue weighted by Crippen LogP contribution is -3.12. The molecule has 2 saturated heterocycles. The van der Waals surface area contributed by atoms with E-state index in [1.54, 1.807) is 17.0 Å². The van der Waals surface area contributed by atoms with Crippen molar-refractivity contribution in [2.24, 2.45) is 5.41 Å². The van der Waals surface area contributed by atoms with Crippen molar-refractivity contribution >= 4 is 29.5 Å². The van der Waals surface area contributed by atoms with E-state index in [2.05, 4.69) is 0 Å². The number of aromatic carboxylic acids is 2. The fraction of sp³-hybridized carbons (Fsp3) is 0.371. The van der Waals surface area contributed by atoms with Gasteiger partial charge in [0.25, 0.3) is 0 Å². The van der Waals surface area contributed by atoms with E-state index >= 15 is 0 Å². The maximum atomic E-state index is 13.6. The Kier molecular flexibility index (Phi) is 11.7. The summed E-state index contributed by atoms with van der Waals surface area (Å²) in [6, 6.07) is 14.2. The molecular weight excluding hydrogens is 668 g/mol. The highest BCUT2D eigenvalue weighted by Crippen LogP contribution is 2.42. The zero-order chi connectivity index (χ0) is 36.8. The van der Waals surface area contributed by atoms with Crippen molar-refractivity contribution in [3.63, 3.8) is 0 Å². The van der Waals surface area contributed by atoms with Crippen molar-refractivity contribution in [1.82, 2.24) is 0 Å². The van der Waals surface area contributed by atoms with Crippen LogP contribution < -0.4 is 24.4 Å². The summed E-state index contributed by atoms with van der Waals surface area (Å²) in [7, 11) is 0. The number of ether oxygens (including phenoxy) is 2. The number of anilines is 1. The van der Waals surface area contributed by atoms with E-state index in [0.717, 1.165) is 55.2 Å². The molecule has 1 amide bonds. The average molecular weight is 705 g/mol. The van der Waals surface area contributed by atoms with Crippen LogP contribution in [0.25, 0.3) is 11.1 Å². The Morgan fingerprint density at radius 2 is 1.40 bits per heavy atom. The number of nitrogens with zero attached hydrogens (tertiary/aromatic N) is 1. The lowest BCUT2D eigenvalue weighted by molar-refractivity contribution is -0.921. The summed E-state index contributed by atoms with van der Waals surface area (Å²) in [4.78, 5) is 48.0. The topological polar surface area (TPSA) is 158 Å². The summed E-state index contributed by atoms with van der Waals surface area (Å²) in [6.07, 6.45) is -3.24. The zero-order valence-electron chi connectivity index (χ0n) is 27.3. The molecule has 2 heterocycles. The minimum absolute atomic E-state index is 0.124. The van der Waals surface area contributed by atoms with E-state index in [9.17, 15) is 42.2 Å². The van der Waals surface area contributed by atoms with E-state index in [1.165, 1.54) is 29.2 Å². The molecule has 50 heavy (non-hydrogen) atoms. The molecule has 3 N–H and O–H groups in total. The number of carboxylic acid groups (broad SMARTS) is 3. The molecule has 0 atom stereocenters. The molecule has 0 aliphatic carbocycles. The Bertz CT molecular complexity index is 1680. The Morgan fingerprint density at radius 3 is 1.84 bits per heavy atom. The quantitative estimate of drug-likeness (QED) is 0.269. The number of benzene rings is 3. The highest BCUT2D eigenvalue weighted by atomic mass is 19.4. The summed E-state index contributed by atoms with van der Waals surface area (Å²) in [5.74, 6) is -4.56. The second kappa shape index (κ2) is 15.6. The van der Waals surface area contributed by atoms with Gasteiger partial charge in [0.1, 0.15) is 29.8 Å². The fourth-order valence-electron chi connectivity index (χ4n) is 6.27.